The van der Waals surface area contributed by atoms with Gasteiger partial charge in [-0.2, -0.15) is 0 Å². The minimum absolute atomic E-state index is 0. The molecule has 0 saturated carbocycles. The van der Waals surface area contributed by atoms with Gasteiger partial charge in [-0.05, 0) is 38.9 Å². The number of imidazole rings is 1. The standard InChI is InChI=1S/C21H28ClN9O2.2ClH/c1-3-30-13-8-5-7-12(20(32)26-10-6-9-23)16(13)31(4-2)14(30)11-27-21(33)15-18(24)29-19(25)17(22)28-15;;/h5,7-8H,3-4,6,9-11,23H2,1-2H3,(H5-,24,25,26,27,29,32,33);2*1H. The fourth-order valence-corrected chi connectivity index (χ4v) is 3.89. The molecule has 0 bridgehead atoms. The molecule has 0 spiro atoms. The number of hydrogen-bond acceptors (Lipinski definition) is 7. The molecule has 35 heavy (non-hydrogen) atoms. The number of carbonyl (C=O) groups is 2. The molecule has 14 heteroatoms. The Kier molecular flexibility index (Phi) is 11.5. The molecule has 0 saturated heterocycles. The number of aromatic nitrogens is 4. The SMILES string of the molecule is CCn1c(CNC(=O)c2nc(Cl)c(N)nc2N)[n+](CC)c2c(C(=O)NCCCN)cccc21.Cl.[Cl-]. The number of hydrogen-bond donors (Lipinski definition) is 5. The molecule has 192 valence electrons. The third kappa shape index (κ3) is 6.23. The Morgan fingerprint density at radius 1 is 1.11 bits per heavy atom. The van der Waals surface area contributed by atoms with Gasteiger partial charge >= 0.3 is 0 Å². The number of fused-ring (bicyclic) bond motifs is 1. The van der Waals surface area contributed by atoms with Crippen LogP contribution in [-0.4, -0.2) is 39.4 Å². The lowest BCUT2D eigenvalue weighted by Crippen LogP contribution is -3.00. The Morgan fingerprint density at radius 3 is 2.46 bits per heavy atom. The third-order valence-electron chi connectivity index (χ3n) is 5.27. The summed E-state index contributed by atoms with van der Waals surface area (Å²) in [6, 6.07) is 5.60. The summed E-state index contributed by atoms with van der Waals surface area (Å²) in [4.78, 5) is 33.4. The first-order valence-electron chi connectivity index (χ1n) is 10.7. The van der Waals surface area contributed by atoms with Crippen molar-refractivity contribution < 1.29 is 26.6 Å². The number of nitrogens with zero attached hydrogens (tertiary/aromatic N) is 4. The molecule has 3 aromatic rings. The zero-order valence-electron chi connectivity index (χ0n) is 19.5. The zero-order chi connectivity index (χ0) is 24.1. The molecule has 0 unspecified atom stereocenters. The monoisotopic (exact) mass is 545 g/mol. The van der Waals surface area contributed by atoms with Gasteiger partial charge in [0.25, 0.3) is 17.6 Å². The fourth-order valence-electron chi connectivity index (χ4n) is 3.77. The molecule has 0 atom stereocenters. The van der Waals surface area contributed by atoms with Crippen LogP contribution in [0.2, 0.25) is 5.15 Å². The van der Waals surface area contributed by atoms with Crippen LogP contribution in [0.25, 0.3) is 11.0 Å². The van der Waals surface area contributed by atoms with Crippen molar-refractivity contribution >= 4 is 58.5 Å². The summed E-state index contributed by atoms with van der Waals surface area (Å²) in [5.74, 6) is -0.0290. The maximum atomic E-state index is 12.9. The summed E-state index contributed by atoms with van der Waals surface area (Å²) in [5, 5.41) is 5.65. The first-order valence-corrected chi connectivity index (χ1v) is 11.1. The molecular formula is C21H30Cl3N9O2. The van der Waals surface area contributed by atoms with Crippen LogP contribution in [0, 0.1) is 0 Å². The van der Waals surface area contributed by atoms with Gasteiger partial charge in [0.05, 0.1) is 18.7 Å². The van der Waals surface area contributed by atoms with Crippen molar-refractivity contribution in [3.8, 4) is 0 Å². The molecule has 0 fully saturated rings. The predicted octanol–water partition coefficient (Wildman–Crippen LogP) is -1.99. The van der Waals surface area contributed by atoms with E-state index >= 15 is 0 Å². The third-order valence-corrected chi connectivity index (χ3v) is 5.55. The molecule has 0 radical (unpaired) electrons. The highest BCUT2D eigenvalue weighted by Crippen LogP contribution is 2.20. The highest BCUT2D eigenvalue weighted by molar-refractivity contribution is 6.31. The van der Waals surface area contributed by atoms with E-state index < -0.39 is 5.91 Å². The maximum Gasteiger partial charge on any atom is 0.277 e. The van der Waals surface area contributed by atoms with E-state index in [0.717, 1.165) is 16.9 Å². The van der Waals surface area contributed by atoms with Gasteiger partial charge in [0, 0.05) is 6.54 Å². The van der Waals surface area contributed by atoms with E-state index in [1.54, 1.807) is 6.07 Å². The average molecular weight is 547 g/mol. The van der Waals surface area contributed by atoms with Crippen LogP contribution in [0.3, 0.4) is 0 Å². The van der Waals surface area contributed by atoms with Crippen molar-refractivity contribution in [1.82, 2.24) is 25.2 Å². The van der Waals surface area contributed by atoms with Gasteiger partial charge in [-0.25, -0.2) is 19.1 Å². The molecule has 2 heterocycles. The van der Waals surface area contributed by atoms with Crippen LogP contribution in [0.15, 0.2) is 18.2 Å². The lowest BCUT2D eigenvalue weighted by Gasteiger charge is -2.08. The van der Waals surface area contributed by atoms with E-state index in [-0.39, 0.29) is 59.7 Å². The number of nitrogen functional groups attached to an aromatic ring is 2. The largest absolute Gasteiger partial charge is 1.00 e. The van der Waals surface area contributed by atoms with E-state index in [4.69, 9.17) is 28.8 Å². The Bertz CT molecular complexity index is 1200. The van der Waals surface area contributed by atoms with Crippen molar-refractivity contribution in [3.05, 3.63) is 40.4 Å². The van der Waals surface area contributed by atoms with Crippen molar-refractivity contribution in [2.45, 2.75) is 39.9 Å². The number of benzene rings is 1. The van der Waals surface area contributed by atoms with Crippen molar-refractivity contribution in [3.63, 3.8) is 0 Å². The lowest BCUT2D eigenvalue weighted by atomic mass is 10.1. The van der Waals surface area contributed by atoms with Crippen LogP contribution in [0.1, 0.15) is 46.9 Å². The Hall–Kier alpha value is -2.86. The van der Waals surface area contributed by atoms with Crippen LogP contribution in [-0.2, 0) is 19.6 Å². The Labute approximate surface area is 220 Å². The number of aryl methyl sites for hydroxylation is 2. The van der Waals surface area contributed by atoms with Crippen molar-refractivity contribution in [2.75, 3.05) is 24.6 Å². The fraction of sp³-hybridized carbons (Fsp3) is 0.381. The van der Waals surface area contributed by atoms with Crippen LogP contribution in [0.5, 0.6) is 0 Å². The molecule has 1 aromatic carbocycles. The summed E-state index contributed by atoms with van der Waals surface area (Å²) in [6.07, 6.45) is 0.698. The minimum atomic E-state index is -0.530. The van der Waals surface area contributed by atoms with Crippen LogP contribution < -0.4 is 44.8 Å². The molecule has 2 aromatic heterocycles. The van der Waals surface area contributed by atoms with E-state index in [9.17, 15) is 9.59 Å². The molecule has 8 N–H and O–H groups in total. The smallest absolute Gasteiger partial charge is 0.277 e. The molecular weight excluding hydrogens is 517 g/mol. The quantitative estimate of drug-likeness (QED) is 0.153. The molecule has 2 amide bonds. The molecule has 0 aliphatic heterocycles. The van der Waals surface area contributed by atoms with E-state index in [1.807, 2.05) is 30.5 Å². The number of nitrogens with one attached hydrogen (secondary N) is 2. The van der Waals surface area contributed by atoms with Gasteiger partial charge in [0.15, 0.2) is 33.5 Å². The maximum absolute atomic E-state index is 12.9. The summed E-state index contributed by atoms with van der Waals surface area (Å²) in [7, 11) is 0. The first-order chi connectivity index (χ1) is 15.8. The number of rotatable bonds is 9. The second-order valence-corrected chi connectivity index (χ2v) is 7.65. The van der Waals surface area contributed by atoms with Crippen molar-refractivity contribution in [2.24, 2.45) is 5.73 Å². The normalized spacial score (nSPS) is 10.4. The molecule has 11 nitrogen and oxygen atoms in total. The van der Waals surface area contributed by atoms with E-state index in [0.29, 0.717) is 38.2 Å². The number of halogens is 3. The minimum Gasteiger partial charge on any atom is -1.00 e. The van der Waals surface area contributed by atoms with Gasteiger partial charge in [-0.15, -0.1) is 12.4 Å². The zero-order valence-corrected chi connectivity index (χ0v) is 21.8. The van der Waals surface area contributed by atoms with Gasteiger partial charge in [0.1, 0.15) is 6.54 Å². The predicted molar refractivity (Wildman–Crippen MR) is 134 cm³/mol. The number of para-hydroxylation sites is 1. The van der Waals surface area contributed by atoms with Gasteiger partial charge in [0.2, 0.25) is 0 Å². The summed E-state index contributed by atoms with van der Waals surface area (Å²) >= 11 is 5.90. The highest BCUT2D eigenvalue weighted by atomic mass is 35.5. The van der Waals surface area contributed by atoms with Crippen LogP contribution in [0.4, 0.5) is 11.6 Å². The number of nitrogens with two attached hydrogens (primary N) is 3. The Morgan fingerprint density at radius 2 is 1.83 bits per heavy atom. The van der Waals surface area contributed by atoms with Gasteiger partial charge in [-0.1, -0.05) is 17.7 Å². The summed E-state index contributed by atoms with van der Waals surface area (Å²) in [5.41, 5.74) is 19.1. The summed E-state index contributed by atoms with van der Waals surface area (Å²) < 4.78 is 4.07. The van der Waals surface area contributed by atoms with E-state index in [1.165, 1.54) is 0 Å². The van der Waals surface area contributed by atoms with Crippen LogP contribution >= 0.6 is 24.0 Å². The Balaban J connectivity index is 0.00000306. The lowest BCUT2D eigenvalue weighted by molar-refractivity contribution is -0.676. The van der Waals surface area contributed by atoms with Gasteiger partial charge < -0.3 is 40.2 Å². The number of carbonyl (C=O) groups excluding carboxylic acids is 2. The first kappa shape index (κ1) is 30.2. The molecule has 0 aliphatic rings. The second kappa shape index (κ2) is 13.3. The van der Waals surface area contributed by atoms with Gasteiger partial charge in [-0.3, -0.25) is 9.59 Å². The van der Waals surface area contributed by atoms with Crippen molar-refractivity contribution in [1.29, 1.82) is 0 Å². The molecule has 0 aliphatic carbocycles. The summed E-state index contributed by atoms with van der Waals surface area (Å²) in [6.45, 7) is 6.40. The highest BCUT2D eigenvalue weighted by Gasteiger charge is 2.28. The second-order valence-electron chi connectivity index (χ2n) is 7.29. The topological polar surface area (TPSA) is 171 Å². The molecule has 3 rings (SSSR count). The number of anilines is 2. The average Bonchev–Trinajstić information content (AvgIpc) is 3.12. The van der Waals surface area contributed by atoms with E-state index in [2.05, 4.69) is 25.2 Å². The number of amides is 2.